The smallest absolute Gasteiger partial charge is 0.265 e. The highest BCUT2D eigenvalue weighted by molar-refractivity contribution is 7.92. The highest BCUT2D eigenvalue weighted by Crippen LogP contribution is 2.30. The maximum absolute atomic E-state index is 12.6. The zero-order valence-corrected chi connectivity index (χ0v) is 13.8. The lowest BCUT2D eigenvalue weighted by Crippen LogP contribution is -2.14. The SMILES string of the molecule is CCn1cc(NS(=O)(=O)c2cc(OC)ccc2OC)c(C)n1. The maximum atomic E-state index is 12.6. The van der Waals surface area contributed by atoms with Crippen LogP contribution in [0, 0.1) is 6.92 Å². The number of methoxy groups -OCH3 is 2. The van der Waals surface area contributed by atoms with Crippen molar-refractivity contribution in [3.8, 4) is 11.5 Å². The molecular formula is C14H19N3O4S. The summed E-state index contributed by atoms with van der Waals surface area (Å²) in [6.45, 7) is 4.33. The van der Waals surface area contributed by atoms with Crippen molar-refractivity contribution in [3.63, 3.8) is 0 Å². The number of benzene rings is 1. The summed E-state index contributed by atoms with van der Waals surface area (Å²) in [5.74, 6) is 0.677. The van der Waals surface area contributed by atoms with Crippen LogP contribution >= 0.6 is 0 Å². The molecular weight excluding hydrogens is 306 g/mol. The van der Waals surface area contributed by atoms with Gasteiger partial charge in [-0.15, -0.1) is 0 Å². The van der Waals surface area contributed by atoms with Gasteiger partial charge in [0.15, 0.2) is 0 Å². The van der Waals surface area contributed by atoms with Crippen molar-refractivity contribution in [2.24, 2.45) is 0 Å². The van der Waals surface area contributed by atoms with E-state index in [0.29, 0.717) is 23.7 Å². The average Bonchev–Trinajstić information content (AvgIpc) is 2.86. The van der Waals surface area contributed by atoms with E-state index in [-0.39, 0.29) is 10.6 Å². The molecule has 0 aliphatic carbocycles. The molecule has 0 aliphatic rings. The first kappa shape index (κ1) is 16.2. The van der Waals surface area contributed by atoms with Crippen LogP contribution in [0.1, 0.15) is 12.6 Å². The molecule has 2 aromatic rings. The van der Waals surface area contributed by atoms with E-state index >= 15 is 0 Å². The normalized spacial score (nSPS) is 11.3. The lowest BCUT2D eigenvalue weighted by molar-refractivity contribution is 0.392. The van der Waals surface area contributed by atoms with E-state index in [2.05, 4.69) is 9.82 Å². The molecule has 8 heteroatoms. The minimum Gasteiger partial charge on any atom is -0.497 e. The zero-order chi connectivity index (χ0) is 16.3. The van der Waals surface area contributed by atoms with Gasteiger partial charge in [-0.05, 0) is 26.0 Å². The average molecular weight is 325 g/mol. The monoisotopic (exact) mass is 325 g/mol. The highest BCUT2D eigenvalue weighted by Gasteiger charge is 2.22. The molecule has 1 aromatic heterocycles. The fourth-order valence-electron chi connectivity index (χ4n) is 1.97. The summed E-state index contributed by atoms with van der Waals surface area (Å²) < 4.78 is 39.6. The Bertz CT molecular complexity index is 768. The predicted octanol–water partition coefficient (Wildman–Crippen LogP) is 2.03. The number of aryl methyl sites for hydroxylation is 2. The number of hydrogen-bond donors (Lipinski definition) is 1. The lowest BCUT2D eigenvalue weighted by Gasteiger charge is -2.12. The molecule has 0 bridgehead atoms. The summed E-state index contributed by atoms with van der Waals surface area (Å²) in [6.07, 6.45) is 1.65. The highest BCUT2D eigenvalue weighted by atomic mass is 32.2. The number of aromatic nitrogens is 2. The molecule has 2 rings (SSSR count). The van der Waals surface area contributed by atoms with Crippen LogP contribution in [0.25, 0.3) is 0 Å². The second-order valence-electron chi connectivity index (χ2n) is 4.61. The molecule has 0 fully saturated rings. The van der Waals surface area contributed by atoms with Crippen molar-refractivity contribution in [1.82, 2.24) is 9.78 Å². The summed E-state index contributed by atoms with van der Waals surface area (Å²) in [4.78, 5) is 0.0120. The summed E-state index contributed by atoms with van der Waals surface area (Å²) >= 11 is 0. The molecule has 0 spiro atoms. The first-order valence-electron chi connectivity index (χ1n) is 6.70. The third kappa shape index (κ3) is 3.16. The number of nitrogens with zero attached hydrogens (tertiary/aromatic N) is 2. The number of nitrogens with one attached hydrogen (secondary N) is 1. The summed E-state index contributed by atoms with van der Waals surface area (Å²) in [5, 5.41) is 4.22. The fraction of sp³-hybridized carbons (Fsp3) is 0.357. The fourth-order valence-corrected chi connectivity index (χ4v) is 3.26. The molecule has 0 unspecified atom stereocenters. The Morgan fingerprint density at radius 2 is 2.00 bits per heavy atom. The van der Waals surface area contributed by atoms with Gasteiger partial charge < -0.3 is 9.47 Å². The van der Waals surface area contributed by atoms with Gasteiger partial charge in [-0.1, -0.05) is 0 Å². The third-order valence-electron chi connectivity index (χ3n) is 3.17. The summed E-state index contributed by atoms with van der Waals surface area (Å²) in [5.41, 5.74) is 1.04. The minimum atomic E-state index is -3.81. The predicted molar refractivity (Wildman–Crippen MR) is 83.0 cm³/mol. The van der Waals surface area contributed by atoms with Gasteiger partial charge in [-0.3, -0.25) is 9.40 Å². The molecule has 1 heterocycles. The van der Waals surface area contributed by atoms with Crippen molar-refractivity contribution in [2.75, 3.05) is 18.9 Å². The van der Waals surface area contributed by atoms with Crippen molar-refractivity contribution >= 4 is 15.7 Å². The second kappa shape index (κ2) is 6.27. The minimum absolute atomic E-state index is 0.0120. The van der Waals surface area contributed by atoms with E-state index in [9.17, 15) is 8.42 Å². The second-order valence-corrected chi connectivity index (χ2v) is 6.26. The summed E-state index contributed by atoms with van der Waals surface area (Å²) in [6, 6.07) is 4.61. The first-order valence-corrected chi connectivity index (χ1v) is 8.18. The molecule has 0 radical (unpaired) electrons. The van der Waals surface area contributed by atoms with E-state index in [1.807, 2.05) is 6.92 Å². The third-order valence-corrected chi connectivity index (χ3v) is 4.56. The number of anilines is 1. The van der Waals surface area contributed by atoms with Gasteiger partial charge in [0, 0.05) is 18.8 Å². The number of hydrogen-bond acceptors (Lipinski definition) is 5. The van der Waals surface area contributed by atoms with E-state index in [1.165, 1.54) is 20.3 Å². The molecule has 120 valence electrons. The number of sulfonamides is 1. The van der Waals surface area contributed by atoms with Crippen LogP contribution in [-0.2, 0) is 16.6 Å². The Hall–Kier alpha value is -2.22. The Morgan fingerprint density at radius 1 is 1.27 bits per heavy atom. The van der Waals surface area contributed by atoms with E-state index in [0.717, 1.165) is 0 Å². The maximum Gasteiger partial charge on any atom is 0.265 e. The number of ether oxygens (including phenoxy) is 2. The molecule has 1 aromatic carbocycles. The zero-order valence-electron chi connectivity index (χ0n) is 13.0. The Kier molecular flexibility index (Phi) is 4.60. The van der Waals surface area contributed by atoms with Gasteiger partial charge >= 0.3 is 0 Å². The molecule has 0 amide bonds. The van der Waals surface area contributed by atoms with Crippen molar-refractivity contribution < 1.29 is 17.9 Å². The van der Waals surface area contributed by atoms with Crippen LogP contribution in [-0.4, -0.2) is 32.4 Å². The van der Waals surface area contributed by atoms with Crippen molar-refractivity contribution in [1.29, 1.82) is 0 Å². The van der Waals surface area contributed by atoms with Gasteiger partial charge in [0.25, 0.3) is 10.0 Å². The van der Waals surface area contributed by atoms with Crippen LogP contribution in [0.4, 0.5) is 5.69 Å². The molecule has 0 aliphatic heterocycles. The molecule has 0 atom stereocenters. The quantitative estimate of drug-likeness (QED) is 0.878. The topological polar surface area (TPSA) is 82.5 Å². The number of rotatable bonds is 6. The lowest BCUT2D eigenvalue weighted by atomic mass is 10.3. The van der Waals surface area contributed by atoms with Gasteiger partial charge in [-0.2, -0.15) is 5.10 Å². The first-order chi connectivity index (χ1) is 10.4. The van der Waals surface area contributed by atoms with Crippen LogP contribution < -0.4 is 14.2 Å². The largest absolute Gasteiger partial charge is 0.497 e. The van der Waals surface area contributed by atoms with Crippen LogP contribution in [0.5, 0.6) is 11.5 Å². The molecule has 22 heavy (non-hydrogen) atoms. The van der Waals surface area contributed by atoms with Crippen molar-refractivity contribution in [3.05, 3.63) is 30.1 Å². The standard InChI is InChI=1S/C14H19N3O4S/c1-5-17-9-12(10(2)15-17)16-22(18,19)14-8-11(20-3)6-7-13(14)21-4/h6-9,16H,5H2,1-4H3. The Morgan fingerprint density at radius 3 is 2.55 bits per heavy atom. The van der Waals surface area contributed by atoms with Gasteiger partial charge in [0.05, 0.1) is 25.6 Å². The van der Waals surface area contributed by atoms with Crippen molar-refractivity contribution in [2.45, 2.75) is 25.3 Å². The Balaban J connectivity index is 2.43. The van der Waals surface area contributed by atoms with Gasteiger partial charge in [-0.25, -0.2) is 8.42 Å². The molecule has 0 saturated carbocycles. The van der Waals surface area contributed by atoms with E-state index < -0.39 is 10.0 Å². The Labute approximate surface area is 129 Å². The van der Waals surface area contributed by atoms with Gasteiger partial charge in [0.1, 0.15) is 16.4 Å². The van der Waals surface area contributed by atoms with Crippen LogP contribution in [0.3, 0.4) is 0 Å². The van der Waals surface area contributed by atoms with Crippen LogP contribution in [0.2, 0.25) is 0 Å². The molecule has 0 saturated heterocycles. The molecule has 7 nitrogen and oxygen atoms in total. The van der Waals surface area contributed by atoms with E-state index in [4.69, 9.17) is 9.47 Å². The van der Waals surface area contributed by atoms with Crippen LogP contribution in [0.15, 0.2) is 29.3 Å². The molecule has 1 N–H and O–H groups in total. The van der Waals surface area contributed by atoms with Gasteiger partial charge in [0.2, 0.25) is 0 Å². The summed E-state index contributed by atoms with van der Waals surface area (Å²) in [7, 11) is -0.923. The van der Waals surface area contributed by atoms with E-state index in [1.54, 1.807) is 29.9 Å².